The summed E-state index contributed by atoms with van der Waals surface area (Å²) in [6.45, 7) is 1.85. The summed E-state index contributed by atoms with van der Waals surface area (Å²) in [6.07, 6.45) is 11.2. The van der Waals surface area contributed by atoms with Crippen molar-refractivity contribution in [2.45, 2.75) is 44.8 Å². The van der Waals surface area contributed by atoms with Gasteiger partial charge in [-0.15, -0.1) is 0 Å². The van der Waals surface area contributed by atoms with Crippen LogP contribution in [0.15, 0.2) is 30.9 Å². The van der Waals surface area contributed by atoms with Gasteiger partial charge >= 0.3 is 0 Å². The minimum atomic E-state index is 0.0820. The Kier molecular flexibility index (Phi) is 5.57. The van der Waals surface area contributed by atoms with Crippen molar-refractivity contribution in [2.75, 3.05) is 19.5 Å². The van der Waals surface area contributed by atoms with E-state index < -0.39 is 0 Å². The number of methoxy groups -OCH3 is 1. The van der Waals surface area contributed by atoms with Crippen LogP contribution < -0.4 is 14.8 Å². The van der Waals surface area contributed by atoms with Crippen molar-refractivity contribution in [3.05, 3.63) is 36.7 Å². The summed E-state index contributed by atoms with van der Waals surface area (Å²) in [5.41, 5.74) is 2.97. The minimum absolute atomic E-state index is 0.0820. The molecule has 1 saturated carbocycles. The van der Waals surface area contributed by atoms with Crippen LogP contribution in [0.5, 0.6) is 11.6 Å². The molecule has 1 aliphatic carbocycles. The lowest BCUT2D eigenvalue weighted by Crippen LogP contribution is -2.26. The highest BCUT2D eigenvalue weighted by atomic mass is 16.5. The van der Waals surface area contributed by atoms with Crippen LogP contribution in [0.4, 0.5) is 5.82 Å². The number of anilines is 1. The van der Waals surface area contributed by atoms with E-state index in [9.17, 15) is 0 Å². The third-order valence-corrected chi connectivity index (χ3v) is 6.16. The zero-order chi connectivity index (χ0) is 22.9. The van der Waals surface area contributed by atoms with Crippen molar-refractivity contribution in [2.24, 2.45) is 7.05 Å². The normalized spacial score (nSPS) is 18.4. The molecule has 0 unspecified atom stereocenters. The summed E-state index contributed by atoms with van der Waals surface area (Å²) in [4.78, 5) is 13.1. The number of rotatable bonds is 6. The Bertz CT molecular complexity index is 1270. The van der Waals surface area contributed by atoms with Gasteiger partial charge in [-0.25, -0.2) is 9.97 Å². The summed E-state index contributed by atoms with van der Waals surface area (Å²) in [5, 5.41) is 13.5. The number of aryl methyl sites for hydroxylation is 2. The van der Waals surface area contributed by atoms with Gasteiger partial charge in [0.25, 0.3) is 5.88 Å². The number of ether oxygens (including phenoxy) is 2. The molecular formula is C23H28N8O2. The molecule has 5 rings (SSSR count). The van der Waals surface area contributed by atoms with Gasteiger partial charge in [-0.2, -0.15) is 15.2 Å². The van der Waals surface area contributed by atoms with Crippen molar-refractivity contribution in [1.29, 1.82) is 0 Å². The number of pyridine rings is 1. The standard InChI is InChI=1S/C23H28N8O2/c1-14-25-12-20(32-4)23(28-14)33-17-7-5-16(6-8-17)31-19-9-21(24-2)26-11-18(19)22(29-31)15-10-27-30(3)13-15/h9-13,16-17H,5-8H2,1-4H3,(H,24,26)/t16-,17+. The summed E-state index contributed by atoms with van der Waals surface area (Å²) in [6, 6.07) is 2.35. The van der Waals surface area contributed by atoms with Crippen molar-refractivity contribution >= 4 is 16.7 Å². The molecule has 0 amide bonds. The van der Waals surface area contributed by atoms with Crippen LogP contribution in [0.25, 0.3) is 22.2 Å². The Balaban J connectivity index is 1.40. The largest absolute Gasteiger partial charge is 0.490 e. The van der Waals surface area contributed by atoms with Crippen molar-refractivity contribution < 1.29 is 9.47 Å². The van der Waals surface area contributed by atoms with Crippen LogP contribution >= 0.6 is 0 Å². The third-order valence-electron chi connectivity index (χ3n) is 6.16. The van der Waals surface area contributed by atoms with Crippen LogP contribution in [-0.4, -0.2) is 54.8 Å². The van der Waals surface area contributed by atoms with Crippen molar-refractivity contribution in [3.63, 3.8) is 0 Å². The van der Waals surface area contributed by atoms with Gasteiger partial charge in [0.1, 0.15) is 23.4 Å². The minimum Gasteiger partial charge on any atom is -0.490 e. The fourth-order valence-electron chi connectivity index (χ4n) is 4.43. The van der Waals surface area contributed by atoms with Gasteiger partial charge in [0.15, 0.2) is 5.75 Å². The van der Waals surface area contributed by atoms with Crippen molar-refractivity contribution in [3.8, 4) is 22.9 Å². The maximum absolute atomic E-state index is 6.21. The SMILES string of the molecule is CNc1cc2c(cn1)c(-c1cnn(C)c1)nn2[C@H]1CC[C@@H](Oc2nc(C)ncc2OC)CC1. The van der Waals surface area contributed by atoms with Crippen LogP contribution in [-0.2, 0) is 7.05 Å². The summed E-state index contributed by atoms with van der Waals surface area (Å²) < 4.78 is 15.5. The molecule has 1 N–H and O–H groups in total. The first-order chi connectivity index (χ1) is 16.1. The van der Waals surface area contributed by atoms with E-state index in [1.54, 1.807) is 18.0 Å². The van der Waals surface area contributed by atoms with E-state index in [1.165, 1.54) is 0 Å². The molecular weight excluding hydrogens is 420 g/mol. The van der Waals surface area contributed by atoms with E-state index in [1.807, 2.05) is 39.6 Å². The first-order valence-corrected chi connectivity index (χ1v) is 11.1. The quantitative estimate of drug-likeness (QED) is 0.478. The third kappa shape index (κ3) is 4.08. The maximum atomic E-state index is 6.21. The predicted octanol–water partition coefficient (Wildman–Crippen LogP) is 3.54. The van der Waals surface area contributed by atoms with Crippen molar-refractivity contribution in [1.82, 2.24) is 34.5 Å². The molecule has 1 fully saturated rings. The zero-order valence-electron chi connectivity index (χ0n) is 19.3. The Morgan fingerprint density at radius 1 is 1.09 bits per heavy atom. The van der Waals surface area contributed by atoms with E-state index in [4.69, 9.17) is 14.6 Å². The second-order valence-electron chi connectivity index (χ2n) is 8.37. The van der Waals surface area contributed by atoms with Gasteiger partial charge < -0.3 is 14.8 Å². The highest BCUT2D eigenvalue weighted by Gasteiger charge is 2.28. The van der Waals surface area contributed by atoms with Crippen LogP contribution in [0.1, 0.15) is 37.5 Å². The molecule has 10 heteroatoms. The predicted molar refractivity (Wildman–Crippen MR) is 125 cm³/mol. The van der Waals surface area contributed by atoms with Gasteiger partial charge in [-0.1, -0.05) is 0 Å². The molecule has 0 aliphatic heterocycles. The number of aromatic nitrogens is 7. The van der Waals surface area contributed by atoms with Crippen LogP contribution in [0, 0.1) is 6.92 Å². The average Bonchev–Trinajstić information content (AvgIpc) is 3.43. The van der Waals surface area contributed by atoms with E-state index in [0.29, 0.717) is 17.5 Å². The number of nitrogens with zero attached hydrogens (tertiary/aromatic N) is 7. The number of hydrogen-bond acceptors (Lipinski definition) is 8. The topological polar surface area (TPSA) is 105 Å². The van der Waals surface area contributed by atoms with E-state index in [2.05, 4.69) is 36.1 Å². The molecule has 33 heavy (non-hydrogen) atoms. The monoisotopic (exact) mass is 448 g/mol. The summed E-state index contributed by atoms with van der Waals surface area (Å²) in [7, 11) is 5.40. The fourth-order valence-corrected chi connectivity index (χ4v) is 4.43. The lowest BCUT2D eigenvalue weighted by atomic mass is 9.93. The molecule has 172 valence electrons. The van der Waals surface area contributed by atoms with E-state index in [0.717, 1.165) is 53.7 Å². The summed E-state index contributed by atoms with van der Waals surface area (Å²) >= 11 is 0. The average molecular weight is 449 g/mol. The molecule has 10 nitrogen and oxygen atoms in total. The lowest BCUT2D eigenvalue weighted by Gasteiger charge is -2.29. The smallest absolute Gasteiger partial charge is 0.260 e. The van der Waals surface area contributed by atoms with E-state index in [-0.39, 0.29) is 12.1 Å². The molecule has 4 heterocycles. The Hall–Kier alpha value is -3.69. The maximum Gasteiger partial charge on any atom is 0.260 e. The highest BCUT2D eigenvalue weighted by Crippen LogP contribution is 2.37. The fraction of sp³-hybridized carbons (Fsp3) is 0.435. The molecule has 4 aromatic heterocycles. The molecule has 1 aliphatic rings. The number of fused-ring (bicyclic) bond motifs is 1. The van der Waals surface area contributed by atoms with Gasteiger partial charge in [0, 0.05) is 43.5 Å². The Labute approximate surface area is 192 Å². The van der Waals surface area contributed by atoms with Gasteiger partial charge in [-0.3, -0.25) is 9.36 Å². The van der Waals surface area contributed by atoms with Gasteiger partial charge in [0.05, 0.1) is 31.1 Å². The molecule has 0 radical (unpaired) electrons. The summed E-state index contributed by atoms with van der Waals surface area (Å²) in [5.74, 6) is 2.57. The zero-order valence-corrected chi connectivity index (χ0v) is 19.3. The van der Waals surface area contributed by atoms with Gasteiger partial charge in [-0.05, 0) is 32.6 Å². The number of hydrogen-bond donors (Lipinski definition) is 1. The highest BCUT2D eigenvalue weighted by molar-refractivity contribution is 5.93. The molecule has 0 saturated heterocycles. The first kappa shape index (κ1) is 21.2. The molecule has 0 aromatic carbocycles. The van der Waals surface area contributed by atoms with E-state index >= 15 is 0 Å². The van der Waals surface area contributed by atoms with Crippen LogP contribution in [0.3, 0.4) is 0 Å². The lowest BCUT2D eigenvalue weighted by molar-refractivity contribution is 0.121. The first-order valence-electron chi connectivity index (χ1n) is 11.1. The molecule has 0 atom stereocenters. The molecule has 4 aromatic rings. The Morgan fingerprint density at radius 2 is 1.91 bits per heavy atom. The molecule has 0 bridgehead atoms. The number of nitrogens with one attached hydrogen (secondary N) is 1. The second-order valence-corrected chi connectivity index (χ2v) is 8.37. The van der Waals surface area contributed by atoms with Crippen LogP contribution in [0.2, 0.25) is 0 Å². The Morgan fingerprint density at radius 3 is 2.61 bits per heavy atom. The van der Waals surface area contributed by atoms with Gasteiger partial charge in [0.2, 0.25) is 0 Å². The molecule has 0 spiro atoms. The second kappa shape index (κ2) is 8.68.